The number of hydrogen-bond donors (Lipinski definition) is 2. The van der Waals surface area contributed by atoms with Crippen molar-refractivity contribution in [3.63, 3.8) is 0 Å². The van der Waals surface area contributed by atoms with Gasteiger partial charge >= 0.3 is 11.9 Å². The third-order valence-corrected chi connectivity index (χ3v) is 14.2. The first-order chi connectivity index (χ1) is 20.0. The fourth-order valence-corrected chi connectivity index (χ4v) is 11.5. The van der Waals surface area contributed by atoms with Crippen molar-refractivity contribution in [1.29, 1.82) is 0 Å². The number of carbonyl (C=O) groups is 2. The largest absolute Gasteiger partial charge is 0.481 e. The van der Waals surface area contributed by atoms with Crippen LogP contribution in [-0.2, 0) is 23.8 Å². The second kappa shape index (κ2) is 11.4. The normalized spacial score (nSPS) is 47.2. The Morgan fingerprint density at radius 1 is 1.12 bits per heavy atom. The standard InChI is InChI=1S/C36H59NO6/c1-20(2)23(5)33(7)14-15-34(8)27-11-10-26-25-18-41-19-36(26,28(27)12-13-35(34,9)31(33)32(39)40)16-29(43-24(6)38)30(22(25)4)42-17-21(3)37/h12,20-23,25-27,29-31H,10-11,13-19,37H2,1-9H3,(H,39,40)/t21?,22-,23+,25+,26?,27-,29+,30+,31+,33+,34+,35-,36+/m0/s1. The lowest BCUT2D eigenvalue weighted by molar-refractivity contribution is -0.199. The number of ether oxygens (including phenoxy) is 3. The van der Waals surface area contributed by atoms with Crippen LogP contribution in [0, 0.1) is 63.1 Å². The van der Waals surface area contributed by atoms with Crippen LogP contribution in [0.5, 0.6) is 0 Å². The first-order valence-corrected chi connectivity index (χ1v) is 17.1. The number of rotatable bonds is 7. The third kappa shape index (κ3) is 4.93. The zero-order valence-corrected chi connectivity index (χ0v) is 28.3. The molecule has 13 atom stereocenters. The maximum atomic E-state index is 13.3. The minimum atomic E-state index is -0.638. The summed E-state index contributed by atoms with van der Waals surface area (Å²) >= 11 is 0. The molecule has 1 aliphatic heterocycles. The van der Waals surface area contributed by atoms with E-state index in [1.807, 2.05) is 6.92 Å². The monoisotopic (exact) mass is 601 g/mol. The smallest absolute Gasteiger partial charge is 0.307 e. The molecule has 0 amide bonds. The Morgan fingerprint density at radius 3 is 2.42 bits per heavy atom. The average molecular weight is 602 g/mol. The van der Waals surface area contributed by atoms with Crippen molar-refractivity contribution in [1.82, 2.24) is 0 Å². The summed E-state index contributed by atoms with van der Waals surface area (Å²) in [6.07, 6.45) is 7.37. The van der Waals surface area contributed by atoms with Gasteiger partial charge in [0.25, 0.3) is 0 Å². The van der Waals surface area contributed by atoms with E-state index in [1.165, 1.54) is 12.5 Å². The Kier molecular flexibility index (Phi) is 8.75. The minimum Gasteiger partial charge on any atom is -0.481 e. The van der Waals surface area contributed by atoms with Crippen molar-refractivity contribution in [2.75, 3.05) is 19.8 Å². The molecule has 0 aromatic heterocycles. The van der Waals surface area contributed by atoms with E-state index in [4.69, 9.17) is 19.9 Å². The number of aliphatic carboxylic acids is 1. The van der Waals surface area contributed by atoms with E-state index in [-0.39, 0.29) is 57.7 Å². The number of nitrogens with two attached hydrogens (primary N) is 1. The number of esters is 1. The molecule has 2 bridgehead atoms. The lowest BCUT2D eigenvalue weighted by Crippen LogP contribution is -2.64. The van der Waals surface area contributed by atoms with Gasteiger partial charge in [-0.05, 0) is 97.2 Å². The van der Waals surface area contributed by atoms with E-state index >= 15 is 0 Å². The van der Waals surface area contributed by atoms with Gasteiger partial charge in [0.05, 0.1) is 31.8 Å². The van der Waals surface area contributed by atoms with Gasteiger partial charge in [-0.3, -0.25) is 9.59 Å². The highest BCUT2D eigenvalue weighted by Crippen LogP contribution is 2.73. The fraction of sp³-hybridized carbons (Fsp3) is 0.889. The molecule has 3 N–H and O–H groups in total. The highest BCUT2D eigenvalue weighted by molar-refractivity contribution is 5.73. The quantitative estimate of drug-likeness (QED) is 0.254. The van der Waals surface area contributed by atoms with Crippen LogP contribution < -0.4 is 5.73 Å². The Morgan fingerprint density at radius 2 is 1.81 bits per heavy atom. The maximum absolute atomic E-state index is 13.3. The van der Waals surface area contributed by atoms with Gasteiger partial charge in [-0.15, -0.1) is 0 Å². The number of carbonyl (C=O) groups excluding carboxylic acids is 1. The molecule has 5 aliphatic rings. The minimum absolute atomic E-state index is 0.106. The summed E-state index contributed by atoms with van der Waals surface area (Å²) in [5.74, 6) is 0.534. The fourth-order valence-electron chi connectivity index (χ4n) is 11.5. The summed E-state index contributed by atoms with van der Waals surface area (Å²) in [5.41, 5.74) is 6.54. The van der Waals surface area contributed by atoms with Crippen LogP contribution >= 0.6 is 0 Å². The van der Waals surface area contributed by atoms with Crippen LogP contribution in [0.3, 0.4) is 0 Å². The SMILES string of the molecule is CC(=O)O[C@@H]1C[C@@]23COC[C@@H](C2CC[C@H]2C3=CC[C@@]3(C)[C@H](C(=O)O)[C@@](C)([C@H](C)C(C)C)CC[C@]23C)[C@H](C)[C@H]1OCC(C)N. The van der Waals surface area contributed by atoms with E-state index in [1.54, 1.807) is 0 Å². The third-order valence-electron chi connectivity index (χ3n) is 14.2. The average Bonchev–Trinajstić information content (AvgIpc) is 2.96. The second-order valence-corrected chi connectivity index (χ2v) is 16.6. The molecule has 244 valence electrons. The molecular formula is C36H59NO6. The first-order valence-electron chi connectivity index (χ1n) is 17.1. The van der Waals surface area contributed by atoms with Gasteiger partial charge in [0, 0.05) is 18.4 Å². The van der Waals surface area contributed by atoms with Gasteiger partial charge in [0.15, 0.2) is 0 Å². The molecular weight excluding hydrogens is 542 g/mol. The van der Waals surface area contributed by atoms with Crippen LogP contribution in [0.15, 0.2) is 11.6 Å². The van der Waals surface area contributed by atoms with Gasteiger partial charge in [-0.2, -0.15) is 0 Å². The lowest BCUT2D eigenvalue weighted by atomic mass is 9.35. The van der Waals surface area contributed by atoms with Gasteiger partial charge in [0.1, 0.15) is 6.10 Å². The molecule has 2 unspecified atom stereocenters. The van der Waals surface area contributed by atoms with Crippen LogP contribution in [0.1, 0.15) is 101 Å². The van der Waals surface area contributed by atoms with Crippen molar-refractivity contribution >= 4 is 11.9 Å². The van der Waals surface area contributed by atoms with Gasteiger partial charge in [-0.25, -0.2) is 0 Å². The Labute approximate surface area is 260 Å². The predicted octanol–water partition coefficient (Wildman–Crippen LogP) is 6.49. The number of allylic oxidation sites excluding steroid dienone is 1. The van der Waals surface area contributed by atoms with Crippen LogP contribution in [0.25, 0.3) is 0 Å². The van der Waals surface area contributed by atoms with Gasteiger partial charge in [0.2, 0.25) is 0 Å². The summed E-state index contributed by atoms with van der Waals surface area (Å²) in [6.45, 7) is 21.1. The molecule has 0 aromatic rings. The predicted molar refractivity (Wildman–Crippen MR) is 167 cm³/mol. The number of hydrogen-bond acceptors (Lipinski definition) is 6. The molecule has 1 saturated heterocycles. The molecule has 5 rings (SSSR count). The second-order valence-electron chi connectivity index (χ2n) is 16.6. The van der Waals surface area contributed by atoms with Crippen LogP contribution in [-0.4, -0.2) is 55.1 Å². The van der Waals surface area contributed by atoms with E-state index in [0.29, 0.717) is 49.9 Å². The van der Waals surface area contributed by atoms with Crippen molar-refractivity contribution < 1.29 is 28.9 Å². The topological polar surface area (TPSA) is 108 Å². The van der Waals surface area contributed by atoms with E-state index in [0.717, 1.165) is 32.1 Å². The van der Waals surface area contributed by atoms with Crippen molar-refractivity contribution in [2.24, 2.45) is 68.8 Å². The van der Waals surface area contributed by atoms with Gasteiger partial charge < -0.3 is 25.1 Å². The highest BCUT2D eigenvalue weighted by Gasteiger charge is 2.69. The number of carboxylic acids is 1. The zero-order chi connectivity index (χ0) is 31.7. The Hall–Kier alpha value is -1.44. The van der Waals surface area contributed by atoms with Gasteiger partial charge in [-0.1, -0.05) is 60.1 Å². The first kappa shape index (κ1) is 32.9. The summed E-state index contributed by atoms with van der Waals surface area (Å²) in [5, 5.41) is 10.9. The molecule has 4 fully saturated rings. The molecule has 0 spiro atoms. The molecule has 3 saturated carbocycles. The van der Waals surface area contributed by atoms with E-state index in [9.17, 15) is 14.7 Å². The molecule has 0 radical (unpaired) electrons. The number of fused-ring (bicyclic) bond motifs is 3. The summed E-state index contributed by atoms with van der Waals surface area (Å²) in [7, 11) is 0. The van der Waals surface area contributed by atoms with Crippen molar-refractivity contribution in [2.45, 2.75) is 119 Å². The van der Waals surface area contributed by atoms with E-state index in [2.05, 4.69) is 54.5 Å². The van der Waals surface area contributed by atoms with Crippen LogP contribution in [0.4, 0.5) is 0 Å². The molecule has 7 nitrogen and oxygen atoms in total. The van der Waals surface area contributed by atoms with E-state index < -0.39 is 11.9 Å². The molecule has 4 aliphatic carbocycles. The van der Waals surface area contributed by atoms with Crippen molar-refractivity contribution in [3.8, 4) is 0 Å². The Bertz CT molecular complexity index is 1120. The summed E-state index contributed by atoms with van der Waals surface area (Å²) in [6, 6.07) is -0.106. The van der Waals surface area contributed by atoms with Crippen molar-refractivity contribution in [3.05, 3.63) is 11.6 Å². The number of carboxylic acid groups (broad SMARTS) is 1. The molecule has 1 heterocycles. The molecule has 0 aromatic carbocycles. The molecule has 43 heavy (non-hydrogen) atoms. The highest BCUT2D eigenvalue weighted by atomic mass is 16.6. The van der Waals surface area contributed by atoms with Crippen LogP contribution in [0.2, 0.25) is 0 Å². The Balaban J connectivity index is 1.60. The molecule has 7 heteroatoms. The maximum Gasteiger partial charge on any atom is 0.307 e. The summed E-state index contributed by atoms with van der Waals surface area (Å²) in [4.78, 5) is 25.8. The lowest BCUT2D eigenvalue weighted by Gasteiger charge is -2.68. The zero-order valence-electron chi connectivity index (χ0n) is 28.3. The summed E-state index contributed by atoms with van der Waals surface area (Å²) < 4.78 is 19.1.